The Morgan fingerprint density at radius 3 is 3.06 bits per heavy atom. The van der Waals surface area contributed by atoms with Crippen LogP contribution in [0, 0.1) is 11.3 Å². The maximum Gasteiger partial charge on any atom is 0.221 e. The molecule has 0 radical (unpaired) electrons. The number of aromatic nitrogens is 1. The van der Waals surface area contributed by atoms with Gasteiger partial charge in [0.05, 0.1) is 0 Å². The topological polar surface area (TPSA) is 69.0 Å². The van der Waals surface area contributed by atoms with Gasteiger partial charge in [-0.05, 0) is 13.1 Å². The van der Waals surface area contributed by atoms with Crippen molar-refractivity contribution in [2.24, 2.45) is 0 Å². The number of amides is 1. The first-order chi connectivity index (χ1) is 8.17. The van der Waals surface area contributed by atoms with Crippen LogP contribution in [-0.2, 0) is 11.3 Å². The van der Waals surface area contributed by atoms with Gasteiger partial charge in [-0.25, -0.2) is 4.98 Å². The molecule has 17 heavy (non-hydrogen) atoms. The summed E-state index contributed by atoms with van der Waals surface area (Å²) in [4.78, 5) is 17.1. The first-order valence-electron chi connectivity index (χ1n) is 5.40. The van der Waals surface area contributed by atoms with Crippen LogP contribution < -0.4 is 5.32 Å². The fraction of sp³-hybridized carbons (Fsp3) is 0.417. The van der Waals surface area contributed by atoms with Crippen molar-refractivity contribution >= 4 is 5.91 Å². The van der Waals surface area contributed by atoms with Crippen LogP contribution in [0.1, 0.15) is 17.7 Å². The maximum absolute atomic E-state index is 11.1. The fourth-order valence-corrected chi connectivity index (χ4v) is 1.45. The highest BCUT2D eigenvalue weighted by molar-refractivity contribution is 5.75. The first kappa shape index (κ1) is 13.1. The van der Waals surface area contributed by atoms with E-state index in [0.717, 1.165) is 5.56 Å². The molecule has 5 heteroatoms. The molecule has 1 rings (SSSR count). The van der Waals surface area contributed by atoms with E-state index < -0.39 is 0 Å². The van der Waals surface area contributed by atoms with Crippen LogP contribution in [0.15, 0.2) is 18.3 Å². The Bertz CT molecular complexity index is 425. The minimum Gasteiger partial charge on any atom is -0.359 e. The van der Waals surface area contributed by atoms with Crippen molar-refractivity contribution in [3.63, 3.8) is 0 Å². The molecule has 90 valence electrons. The Morgan fingerprint density at radius 1 is 1.65 bits per heavy atom. The Labute approximate surface area is 101 Å². The molecule has 0 aromatic carbocycles. The Kier molecular flexibility index (Phi) is 5.11. The lowest BCUT2D eigenvalue weighted by Gasteiger charge is -2.16. The van der Waals surface area contributed by atoms with Gasteiger partial charge in [0.2, 0.25) is 5.91 Å². The zero-order valence-electron chi connectivity index (χ0n) is 10.1. The van der Waals surface area contributed by atoms with Crippen LogP contribution in [0.4, 0.5) is 0 Å². The maximum atomic E-state index is 11.1. The van der Waals surface area contributed by atoms with Crippen molar-refractivity contribution in [2.45, 2.75) is 13.0 Å². The van der Waals surface area contributed by atoms with Crippen LogP contribution in [0.3, 0.4) is 0 Å². The molecule has 0 fully saturated rings. The monoisotopic (exact) mass is 232 g/mol. The third kappa shape index (κ3) is 4.21. The van der Waals surface area contributed by atoms with Crippen LogP contribution >= 0.6 is 0 Å². The third-order valence-electron chi connectivity index (χ3n) is 2.44. The van der Waals surface area contributed by atoms with E-state index >= 15 is 0 Å². The van der Waals surface area contributed by atoms with Gasteiger partial charge in [0.1, 0.15) is 11.8 Å². The number of carbonyl (C=O) groups excluding carboxylic acids is 1. The van der Waals surface area contributed by atoms with Crippen LogP contribution in [0.25, 0.3) is 0 Å². The van der Waals surface area contributed by atoms with E-state index in [1.165, 1.54) is 0 Å². The minimum absolute atomic E-state index is 0.0172. The molecular formula is C12H16N4O. The molecule has 1 N–H and O–H groups in total. The van der Waals surface area contributed by atoms with Crippen LogP contribution in [0.2, 0.25) is 0 Å². The lowest BCUT2D eigenvalue weighted by atomic mass is 10.2. The van der Waals surface area contributed by atoms with Gasteiger partial charge in [-0.15, -0.1) is 0 Å². The number of nitriles is 1. The molecule has 0 aliphatic rings. The molecule has 0 saturated heterocycles. The molecule has 1 aromatic rings. The fourth-order valence-electron chi connectivity index (χ4n) is 1.45. The molecule has 0 bridgehead atoms. The normalized spacial score (nSPS) is 10.0. The second kappa shape index (κ2) is 6.61. The van der Waals surface area contributed by atoms with Crippen molar-refractivity contribution in [3.8, 4) is 6.07 Å². The van der Waals surface area contributed by atoms with E-state index in [4.69, 9.17) is 5.26 Å². The highest BCUT2D eigenvalue weighted by atomic mass is 16.1. The van der Waals surface area contributed by atoms with Crippen molar-refractivity contribution in [1.82, 2.24) is 15.2 Å². The zero-order chi connectivity index (χ0) is 12.7. The average molecular weight is 232 g/mol. The smallest absolute Gasteiger partial charge is 0.221 e. The second-order valence-electron chi connectivity index (χ2n) is 3.78. The lowest BCUT2D eigenvalue weighted by molar-refractivity contribution is -0.120. The summed E-state index contributed by atoms with van der Waals surface area (Å²) in [7, 11) is 3.54. The molecule has 0 unspecified atom stereocenters. The molecule has 0 atom stereocenters. The molecule has 1 amide bonds. The summed E-state index contributed by atoms with van der Waals surface area (Å²) >= 11 is 0. The van der Waals surface area contributed by atoms with E-state index in [9.17, 15) is 4.79 Å². The third-order valence-corrected chi connectivity index (χ3v) is 2.44. The molecular weight excluding hydrogens is 216 g/mol. The van der Waals surface area contributed by atoms with Gasteiger partial charge in [-0.1, -0.05) is 6.07 Å². The van der Waals surface area contributed by atoms with Crippen molar-refractivity contribution in [1.29, 1.82) is 5.26 Å². The average Bonchev–Trinajstić information content (AvgIpc) is 2.36. The molecule has 1 heterocycles. The molecule has 0 aliphatic heterocycles. The summed E-state index contributed by atoms with van der Waals surface area (Å²) in [6.45, 7) is 1.27. The molecule has 0 saturated carbocycles. The molecule has 5 nitrogen and oxygen atoms in total. The number of hydrogen-bond donors (Lipinski definition) is 1. The number of pyridine rings is 1. The summed E-state index contributed by atoms with van der Waals surface area (Å²) in [5.41, 5.74) is 1.33. The van der Waals surface area contributed by atoms with E-state index in [2.05, 4.69) is 16.4 Å². The Hall–Kier alpha value is -1.93. The second-order valence-corrected chi connectivity index (χ2v) is 3.78. The summed E-state index contributed by atoms with van der Waals surface area (Å²) in [6.07, 6.45) is 2.06. The SMILES string of the molecule is CNC(=O)CCN(C)Cc1cccnc1C#N. The Balaban J connectivity index is 2.53. The van der Waals surface area contributed by atoms with E-state index in [0.29, 0.717) is 25.2 Å². The van der Waals surface area contributed by atoms with Crippen LogP contribution in [0.5, 0.6) is 0 Å². The summed E-state index contributed by atoms with van der Waals surface area (Å²) < 4.78 is 0. The van der Waals surface area contributed by atoms with E-state index in [-0.39, 0.29) is 5.91 Å². The van der Waals surface area contributed by atoms with Gasteiger partial charge >= 0.3 is 0 Å². The number of hydrogen-bond acceptors (Lipinski definition) is 4. The minimum atomic E-state index is 0.0172. The molecule has 0 spiro atoms. The van der Waals surface area contributed by atoms with Crippen molar-refractivity contribution < 1.29 is 4.79 Å². The first-order valence-corrected chi connectivity index (χ1v) is 5.40. The molecule has 1 aromatic heterocycles. The van der Waals surface area contributed by atoms with Crippen LogP contribution in [-0.4, -0.2) is 36.4 Å². The largest absolute Gasteiger partial charge is 0.359 e. The van der Waals surface area contributed by atoms with E-state index in [1.807, 2.05) is 24.1 Å². The van der Waals surface area contributed by atoms with Gasteiger partial charge < -0.3 is 10.2 Å². The predicted octanol–water partition coefficient (Wildman–Crippen LogP) is 0.521. The number of rotatable bonds is 5. The summed E-state index contributed by atoms with van der Waals surface area (Å²) in [6, 6.07) is 5.75. The van der Waals surface area contributed by atoms with E-state index in [1.54, 1.807) is 13.2 Å². The quantitative estimate of drug-likeness (QED) is 0.803. The van der Waals surface area contributed by atoms with Gasteiger partial charge in [0.25, 0.3) is 0 Å². The molecule has 0 aliphatic carbocycles. The van der Waals surface area contributed by atoms with Gasteiger partial charge in [-0.3, -0.25) is 4.79 Å². The predicted molar refractivity (Wildman–Crippen MR) is 64.0 cm³/mol. The summed E-state index contributed by atoms with van der Waals surface area (Å²) in [5.74, 6) is 0.0172. The van der Waals surface area contributed by atoms with Gasteiger partial charge in [-0.2, -0.15) is 5.26 Å². The standard InChI is InChI=1S/C12H16N4O/c1-14-12(17)5-7-16(2)9-10-4-3-6-15-11(10)8-13/h3-4,6H,5,7,9H2,1-2H3,(H,14,17). The van der Waals surface area contributed by atoms with Gasteiger partial charge in [0, 0.05) is 38.3 Å². The number of carbonyl (C=O) groups is 1. The number of nitrogens with one attached hydrogen (secondary N) is 1. The van der Waals surface area contributed by atoms with Crippen molar-refractivity contribution in [3.05, 3.63) is 29.6 Å². The highest BCUT2D eigenvalue weighted by Gasteiger charge is 2.07. The summed E-state index contributed by atoms with van der Waals surface area (Å²) in [5, 5.41) is 11.5. The number of nitrogens with zero attached hydrogens (tertiary/aromatic N) is 3. The zero-order valence-corrected chi connectivity index (χ0v) is 10.1. The van der Waals surface area contributed by atoms with Gasteiger partial charge in [0.15, 0.2) is 0 Å². The lowest BCUT2D eigenvalue weighted by Crippen LogP contribution is -2.26. The highest BCUT2D eigenvalue weighted by Crippen LogP contribution is 2.07. The van der Waals surface area contributed by atoms with Crippen molar-refractivity contribution in [2.75, 3.05) is 20.6 Å². The Morgan fingerprint density at radius 2 is 2.41 bits per heavy atom.